The van der Waals surface area contributed by atoms with Gasteiger partial charge in [-0.05, 0) is 24.4 Å². The summed E-state index contributed by atoms with van der Waals surface area (Å²) in [5.41, 5.74) is 1.44. The monoisotopic (exact) mass is 202 g/mol. The molecular weight excluding hydrogens is 184 g/mol. The molecule has 2 nitrogen and oxygen atoms in total. The Bertz CT molecular complexity index is 311. The number of likely N-dealkylation sites (tertiary alicyclic amines) is 1. The van der Waals surface area contributed by atoms with Gasteiger partial charge in [0.2, 0.25) is 0 Å². The average Bonchev–Trinajstić information content (AvgIpc) is 2.60. The lowest BCUT2D eigenvalue weighted by Crippen LogP contribution is -2.40. The number of nitrogens with zero attached hydrogens (tertiary/aromatic N) is 1. The molecule has 2 unspecified atom stereocenters. The lowest BCUT2D eigenvalue weighted by atomic mass is 9.99. The van der Waals surface area contributed by atoms with E-state index in [-0.39, 0.29) is 0 Å². The normalized spacial score (nSPS) is 30.7. The van der Waals surface area contributed by atoms with Gasteiger partial charge in [-0.15, -0.1) is 0 Å². The third-order valence-corrected chi connectivity index (χ3v) is 3.56. The minimum atomic E-state index is 0.757. The second-order valence-corrected chi connectivity index (χ2v) is 4.89. The van der Waals surface area contributed by atoms with E-state index >= 15 is 0 Å². The second-order valence-electron chi connectivity index (χ2n) is 4.89. The highest BCUT2D eigenvalue weighted by molar-refractivity contribution is 5.14. The Balaban J connectivity index is 1.65. The van der Waals surface area contributed by atoms with Crippen LogP contribution < -0.4 is 5.32 Å². The molecule has 0 radical (unpaired) electrons. The van der Waals surface area contributed by atoms with Gasteiger partial charge in [-0.1, -0.05) is 30.3 Å². The van der Waals surface area contributed by atoms with Crippen LogP contribution in [0.4, 0.5) is 0 Å². The van der Waals surface area contributed by atoms with Crippen molar-refractivity contribution >= 4 is 0 Å². The molecule has 0 aromatic heterocycles. The van der Waals surface area contributed by atoms with Gasteiger partial charge in [-0.2, -0.15) is 0 Å². The predicted molar refractivity (Wildman–Crippen MR) is 61.6 cm³/mol. The first-order valence-electron chi connectivity index (χ1n) is 5.90. The summed E-state index contributed by atoms with van der Waals surface area (Å²) >= 11 is 0. The van der Waals surface area contributed by atoms with E-state index in [0.717, 1.165) is 18.5 Å². The number of piperidine rings is 1. The molecule has 2 heterocycles. The third-order valence-electron chi connectivity index (χ3n) is 3.56. The van der Waals surface area contributed by atoms with E-state index in [1.165, 1.54) is 31.6 Å². The maximum Gasteiger partial charge on any atom is 0.0234 e. The maximum absolute atomic E-state index is 3.59. The minimum absolute atomic E-state index is 0.757. The number of fused-ring (bicyclic) bond motifs is 2. The lowest BCUT2D eigenvalue weighted by Gasteiger charge is -2.30. The van der Waals surface area contributed by atoms with E-state index in [4.69, 9.17) is 0 Å². The van der Waals surface area contributed by atoms with Crippen molar-refractivity contribution in [2.45, 2.75) is 19.0 Å². The predicted octanol–water partition coefficient (Wildman–Crippen LogP) is 1.48. The molecule has 0 saturated carbocycles. The summed E-state index contributed by atoms with van der Waals surface area (Å²) in [4.78, 5) is 2.59. The molecule has 2 heteroatoms. The van der Waals surface area contributed by atoms with Gasteiger partial charge in [-0.3, -0.25) is 4.90 Å². The van der Waals surface area contributed by atoms with Gasteiger partial charge < -0.3 is 5.32 Å². The van der Waals surface area contributed by atoms with Crippen LogP contribution in [0.25, 0.3) is 0 Å². The Morgan fingerprint density at radius 3 is 2.87 bits per heavy atom. The van der Waals surface area contributed by atoms with Gasteiger partial charge in [-0.25, -0.2) is 0 Å². The largest absolute Gasteiger partial charge is 0.312 e. The van der Waals surface area contributed by atoms with Crippen molar-refractivity contribution in [1.82, 2.24) is 10.2 Å². The van der Waals surface area contributed by atoms with Crippen molar-refractivity contribution in [1.29, 1.82) is 0 Å². The maximum atomic E-state index is 3.59. The Morgan fingerprint density at radius 2 is 2.07 bits per heavy atom. The summed E-state index contributed by atoms with van der Waals surface area (Å²) in [6.45, 7) is 4.86. The van der Waals surface area contributed by atoms with Gasteiger partial charge >= 0.3 is 0 Å². The van der Waals surface area contributed by atoms with Crippen LogP contribution in [0.15, 0.2) is 30.3 Å². The highest BCUT2D eigenvalue weighted by Gasteiger charge is 2.32. The molecular formula is C13H18N2. The van der Waals surface area contributed by atoms with Crippen molar-refractivity contribution < 1.29 is 0 Å². The molecule has 2 bridgehead atoms. The zero-order chi connectivity index (χ0) is 10.1. The standard InChI is InChI=1S/C13H18N2/c1-2-4-11(5-3-1)8-15-9-12-6-13(10-15)14-7-12/h1-5,12-14H,6-10H2. The lowest BCUT2D eigenvalue weighted by molar-refractivity contribution is 0.185. The molecule has 2 fully saturated rings. The molecule has 3 rings (SSSR count). The van der Waals surface area contributed by atoms with Crippen LogP contribution in [0.5, 0.6) is 0 Å². The highest BCUT2D eigenvalue weighted by atomic mass is 15.2. The fourth-order valence-electron chi connectivity index (χ4n) is 2.90. The van der Waals surface area contributed by atoms with E-state index in [1.807, 2.05) is 0 Å². The van der Waals surface area contributed by atoms with E-state index in [9.17, 15) is 0 Å². The number of hydrogen-bond acceptors (Lipinski definition) is 2. The summed E-state index contributed by atoms with van der Waals surface area (Å²) in [6.07, 6.45) is 1.39. The van der Waals surface area contributed by atoms with Crippen LogP contribution in [0.2, 0.25) is 0 Å². The van der Waals surface area contributed by atoms with E-state index in [2.05, 4.69) is 40.5 Å². The zero-order valence-electron chi connectivity index (χ0n) is 9.02. The molecule has 0 aliphatic carbocycles. The molecule has 2 atom stereocenters. The van der Waals surface area contributed by atoms with Crippen LogP contribution in [0, 0.1) is 5.92 Å². The summed E-state index contributed by atoms with van der Waals surface area (Å²) in [5.74, 6) is 0.896. The molecule has 80 valence electrons. The summed E-state index contributed by atoms with van der Waals surface area (Å²) in [6, 6.07) is 11.6. The molecule has 2 saturated heterocycles. The van der Waals surface area contributed by atoms with Crippen LogP contribution in [-0.2, 0) is 6.54 Å². The fourth-order valence-corrected chi connectivity index (χ4v) is 2.90. The Morgan fingerprint density at radius 1 is 1.20 bits per heavy atom. The molecule has 2 aliphatic rings. The van der Waals surface area contributed by atoms with Crippen LogP contribution in [0.3, 0.4) is 0 Å². The first-order valence-corrected chi connectivity index (χ1v) is 5.90. The van der Waals surface area contributed by atoms with Gasteiger partial charge in [0.25, 0.3) is 0 Å². The van der Waals surface area contributed by atoms with Crippen molar-refractivity contribution in [2.24, 2.45) is 5.92 Å². The Labute approximate surface area is 91.3 Å². The van der Waals surface area contributed by atoms with Gasteiger partial charge in [0, 0.05) is 25.7 Å². The van der Waals surface area contributed by atoms with E-state index in [1.54, 1.807) is 0 Å². The topological polar surface area (TPSA) is 15.3 Å². The molecule has 1 N–H and O–H groups in total. The quantitative estimate of drug-likeness (QED) is 0.781. The zero-order valence-corrected chi connectivity index (χ0v) is 9.02. The van der Waals surface area contributed by atoms with Crippen LogP contribution >= 0.6 is 0 Å². The first kappa shape index (κ1) is 9.37. The van der Waals surface area contributed by atoms with Gasteiger partial charge in [0.15, 0.2) is 0 Å². The number of nitrogens with one attached hydrogen (secondary N) is 1. The molecule has 1 aromatic carbocycles. The minimum Gasteiger partial charge on any atom is -0.312 e. The second kappa shape index (κ2) is 3.95. The highest BCUT2D eigenvalue weighted by Crippen LogP contribution is 2.23. The van der Waals surface area contributed by atoms with E-state index < -0.39 is 0 Å². The molecule has 1 aromatic rings. The molecule has 2 aliphatic heterocycles. The van der Waals surface area contributed by atoms with Gasteiger partial charge in [0.05, 0.1) is 0 Å². The first-order chi connectivity index (χ1) is 7.40. The van der Waals surface area contributed by atoms with Gasteiger partial charge in [0.1, 0.15) is 0 Å². The van der Waals surface area contributed by atoms with Crippen LogP contribution in [0.1, 0.15) is 12.0 Å². The molecule has 0 amide bonds. The van der Waals surface area contributed by atoms with Crippen molar-refractivity contribution in [3.05, 3.63) is 35.9 Å². The van der Waals surface area contributed by atoms with E-state index in [0.29, 0.717) is 0 Å². The smallest absolute Gasteiger partial charge is 0.0234 e. The number of rotatable bonds is 2. The molecule has 15 heavy (non-hydrogen) atoms. The van der Waals surface area contributed by atoms with Crippen LogP contribution in [-0.4, -0.2) is 30.6 Å². The Kier molecular flexibility index (Phi) is 2.47. The van der Waals surface area contributed by atoms with Crippen molar-refractivity contribution in [3.8, 4) is 0 Å². The SMILES string of the molecule is c1ccc(CN2CC3CNC(C3)C2)cc1. The number of hydrogen-bond donors (Lipinski definition) is 1. The number of benzene rings is 1. The average molecular weight is 202 g/mol. The Hall–Kier alpha value is -0.860. The third kappa shape index (κ3) is 2.06. The molecule has 0 spiro atoms. The fraction of sp³-hybridized carbons (Fsp3) is 0.538. The van der Waals surface area contributed by atoms with Crippen molar-refractivity contribution in [3.63, 3.8) is 0 Å². The summed E-state index contributed by atoms with van der Waals surface area (Å²) < 4.78 is 0. The summed E-state index contributed by atoms with van der Waals surface area (Å²) in [5, 5.41) is 3.59. The summed E-state index contributed by atoms with van der Waals surface area (Å²) in [7, 11) is 0. The van der Waals surface area contributed by atoms with Crippen molar-refractivity contribution in [2.75, 3.05) is 19.6 Å².